The zero-order valence-corrected chi connectivity index (χ0v) is 13.3. The van der Waals surface area contributed by atoms with Crippen molar-refractivity contribution in [2.24, 2.45) is 0 Å². The fraction of sp³-hybridized carbons (Fsp3) is 0.188. The van der Waals surface area contributed by atoms with Crippen LogP contribution < -0.4 is 9.50 Å². The molecule has 0 fully saturated rings. The SMILES string of the molecule is CC(c1ccccc1)S(=O)(=O)Oc1ccc(NCC(=O)O)cc1. The van der Waals surface area contributed by atoms with Gasteiger partial charge in [0.15, 0.2) is 0 Å². The van der Waals surface area contributed by atoms with E-state index in [1.165, 1.54) is 12.1 Å². The van der Waals surface area contributed by atoms with Crippen LogP contribution in [0, 0.1) is 0 Å². The zero-order chi connectivity index (χ0) is 16.9. The highest BCUT2D eigenvalue weighted by molar-refractivity contribution is 7.87. The molecule has 122 valence electrons. The van der Waals surface area contributed by atoms with E-state index in [0.717, 1.165) is 0 Å². The Morgan fingerprint density at radius 1 is 1.13 bits per heavy atom. The maximum Gasteiger partial charge on any atom is 0.322 e. The number of carboxylic acid groups (broad SMARTS) is 1. The summed E-state index contributed by atoms with van der Waals surface area (Å²) in [5.41, 5.74) is 1.21. The molecule has 2 rings (SSSR count). The highest BCUT2D eigenvalue weighted by Crippen LogP contribution is 2.26. The van der Waals surface area contributed by atoms with E-state index in [-0.39, 0.29) is 12.3 Å². The third-order valence-electron chi connectivity index (χ3n) is 3.21. The van der Waals surface area contributed by atoms with Crippen LogP contribution >= 0.6 is 0 Å². The average molecular weight is 335 g/mol. The van der Waals surface area contributed by atoms with Gasteiger partial charge in [-0.3, -0.25) is 4.79 Å². The molecule has 0 aromatic heterocycles. The van der Waals surface area contributed by atoms with Gasteiger partial charge in [0.05, 0.1) is 0 Å². The van der Waals surface area contributed by atoms with Crippen molar-refractivity contribution in [2.75, 3.05) is 11.9 Å². The highest BCUT2D eigenvalue weighted by atomic mass is 32.2. The lowest BCUT2D eigenvalue weighted by atomic mass is 10.2. The number of benzene rings is 2. The summed E-state index contributed by atoms with van der Waals surface area (Å²) in [5.74, 6) is -0.807. The van der Waals surface area contributed by atoms with Crippen LogP contribution in [0.25, 0.3) is 0 Å². The maximum atomic E-state index is 12.3. The molecule has 2 aromatic rings. The zero-order valence-electron chi connectivity index (χ0n) is 12.5. The number of nitrogens with one attached hydrogen (secondary N) is 1. The van der Waals surface area contributed by atoms with E-state index >= 15 is 0 Å². The van der Waals surface area contributed by atoms with Crippen molar-refractivity contribution in [3.63, 3.8) is 0 Å². The molecule has 0 aliphatic heterocycles. The summed E-state index contributed by atoms with van der Waals surface area (Å²) < 4.78 is 29.7. The Labute approximate surface area is 134 Å². The predicted octanol–water partition coefficient (Wildman–Crippen LogP) is 2.65. The first-order valence-electron chi connectivity index (χ1n) is 6.92. The van der Waals surface area contributed by atoms with Crippen LogP contribution in [0.1, 0.15) is 17.7 Å². The number of hydrogen-bond acceptors (Lipinski definition) is 5. The van der Waals surface area contributed by atoms with Gasteiger partial charge in [-0.05, 0) is 36.8 Å². The minimum Gasteiger partial charge on any atom is -0.480 e. The van der Waals surface area contributed by atoms with Crippen molar-refractivity contribution >= 4 is 21.8 Å². The van der Waals surface area contributed by atoms with Crippen molar-refractivity contribution in [1.82, 2.24) is 0 Å². The van der Waals surface area contributed by atoms with E-state index in [4.69, 9.17) is 9.29 Å². The lowest BCUT2D eigenvalue weighted by molar-refractivity contribution is -0.134. The molecule has 0 aliphatic carbocycles. The van der Waals surface area contributed by atoms with Gasteiger partial charge < -0.3 is 14.6 Å². The van der Waals surface area contributed by atoms with Crippen molar-refractivity contribution in [3.05, 3.63) is 60.2 Å². The van der Waals surface area contributed by atoms with Crippen LogP contribution in [-0.2, 0) is 14.9 Å². The maximum absolute atomic E-state index is 12.3. The number of rotatable bonds is 7. The van der Waals surface area contributed by atoms with Gasteiger partial charge in [0.25, 0.3) is 0 Å². The molecule has 0 aliphatic rings. The Morgan fingerprint density at radius 2 is 1.74 bits per heavy atom. The molecular weight excluding hydrogens is 318 g/mol. The van der Waals surface area contributed by atoms with Crippen LogP contribution in [0.4, 0.5) is 5.69 Å². The van der Waals surface area contributed by atoms with Gasteiger partial charge in [0.2, 0.25) is 0 Å². The summed E-state index contributed by atoms with van der Waals surface area (Å²) in [4.78, 5) is 10.5. The summed E-state index contributed by atoms with van der Waals surface area (Å²) in [6.07, 6.45) is 0. The van der Waals surface area contributed by atoms with Crippen molar-refractivity contribution in [3.8, 4) is 5.75 Å². The van der Waals surface area contributed by atoms with Crippen LogP contribution in [-0.4, -0.2) is 26.0 Å². The van der Waals surface area contributed by atoms with Gasteiger partial charge in [-0.15, -0.1) is 0 Å². The summed E-state index contributed by atoms with van der Waals surface area (Å²) >= 11 is 0. The molecular formula is C16H17NO5S. The highest BCUT2D eigenvalue weighted by Gasteiger charge is 2.24. The normalized spacial score (nSPS) is 12.4. The number of aliphatic carboxylic acids is 1. The van der Waals surface area contributed by atoms with E-state index in [2.05, 4.69) is 5.32 Å². The van der Waals surface area contributed by atoms with E-state index < -0.39 is 21.3 Å². The van der Waals surface area contributed by atoms with Gasteiger partial charge in [-0.25, -0.2) is 0 Å². The van der Waals surface area contributed by atoms with Gasteiger partial charge in [-0.2, -0.15) is 8.42 Å². The third kappa shape index (κ3) is 4.72. The molecule has 0 amide bonds. The average Bonchev–Trinajstić information content (AvgIpc) is 2.54. The second kappa shape index (κ2) is 7.15. The number of anilines is 1. The Morgan fingerprint density at radius 3 is 2.30 bits per heavy atom. The second-order valence-electron chi connectivity index (χ2n) is 4.90. The molecule has 6 nitrogen and oxygen atoms in total. The molecule has 0 saturated heterocycles. The largest absolute Gasteiger partial charge is 0.480 e. The Hall–Kier alpha value is -2.54. The smallest absolute Gasteiger partial charge is 0.322 e. The monoisotopic (exact) mass is 335 g/mol. The van der Waals surface area contributed by atoms with E-state index in [0.29, 0.717) is 11.3 Å². The minimum absolute atomic E-state index is 0.175. The summed E-state index contributed by atoms with van der Waals surface area (Å²) in [5, 5.41) is 10.5. The van der Waals surface area contributed by atoms with Gasteiger partial charge >= 0.3 is 16.1 Å². The summed E-state index contributed by atoms with van der Waals surface area (Å²) in [7, 11) is -3.82. The number of carboxylic acids is 1. The first-order valence-corrected chi connectivity index (χ1v) is 8.39. The van der Waals surface area contributed by atoms with E-state index in [9.17, 15) is 13.2 Å². The van der Waals surface area contributed by atoms with Crippen LogP contribution in [0.3, 0.4) is 0 Å². The van der Waals surface area contributed by atoms with Gasteiger partial charge in [0, 0.05) is 5.69 Å². The van der Waals surface area contributed by atoms with E-state index in [1.54, 1.807) is 43.3 Å². The lowest BCUT2D eigenvalue weighted by Gasteiger charge is -2.14. The fourth-order valence-corrected chi connectivity index (χ4v) is 2.92. The van der Waals surface area contributed by atoms with Crippen molar-refractivity contribution in [2.45, 2.75) is 12.2 Å². The molecule has 0 radical (unpaired) electrons. The quantitative estimate of drug-likeness (QED) is 0.756. The molecule has 0 bridgehead atoms. The topological polar surface area (TPSA) is 92.7 Å². The minimum atomic E-state index is -3.82. The molecule has 0 heterocycles. The van der Waals surface area contributed by atoms with Crippen molar-refractivity contribution < 1.29 is 22.5 Å². The van der Waals surface area contributed by atoms with Gasteiger partial charge in [0.1, 0.15) is 17.5 Å². The van der Waals surface area contributed by atoms with Crippen molar-refractivity contribution in [1.29, 1.82) is 0 Å². The van der Waals surface area contributed by atoms with E-state index in [1.807, 2.05) is 6.07 Å². The molecule has 2 N–H and O–H groups in total. The summed E-state index contributed by atoms with van der Waals surface area (Å²) in [6, 6.07) is 14.9. The lowest BCUT2D eigenvalue weighted by Crippen LogP contribution is -2.17. The standard InChI is InChI=1S/C16H17NO5S/c1-12(13-5-3-2-4-6-13)23(20,21)22-15-9-7-14(8-10-15)17-11-16(18)19/h2-10,12,17H,11H2,1H3,(H,18,19). The Bertz CT molecular complexity index is 757. The van der Waals surface area contributed by atoms with Crippen LogP contribution in [0.2, 0.25) is 0 Å². The fourth-order valence-electron chi connectivity index (χ4n) is 1.90. The number of carbonyl (C=O) groups is 1. The predicted molar refractivity (Wildman–Crippen MR) is 87.0 cm³/mol. The first-order chi connectivity index (χ1) is 10.9. The number of hydrogen-bond donors (Lipinski definition) is 2. The molecule has 23 heavy (non-hydrogen) atoms. The Kier molecular flexibility index (Phi) is 5.23. The molecule has 7 heteroatoms. The first kappa shape index (κ1) is 16.8. The molecule has 1 atom stereocenters. The Balaban J connectivity index is 2.07. The van der Waals surface area contributed by atoms with Crippen LogP contribution in [0.5, 0.6) is 5.75 Å². The summed E-state index contributed by atoms with van der Waals surface area (Å²) in [6.45, 7) is 1.34. The molecule has 0 saturated carbocycles. The third-order valence-corrected chi connectivity index (χ3v) is 4.78. The molecule has 2 aromatic carbocycles. The van der Waals surface area contributed by atoms with Gasteiger partial charge in [-0.1, -0.05) is 30.3 Å². The molecule has 0 spiro atoms. The van der Waals surface area contributed by atoms with Crippen LogP contribution in [0.15, 0.2) is 54.6 Å². The second-order valence-corrected chi connectivity index (χ2v) is 6.76. The molecule has 1 unspecified atom stereocenters.